The van der Waals surface area contributed by atoms with Crippen LogP contribution in [-0.2, 0) is 0 Å². The van der Waals surface area contributed by atoms with Crippen LogP contribution in [0.5, 0.6) is 11.6 Å². The molecule has 0 fully saturated rings. The number of methoxy groups -OCH3 is 1. The molecule has 3 rings (SSSR count). The van der Waals surface area contributed by atoms with E-state index >= 15 is 0 Å². The number of H-pyrrole nitrogens is 1. The van der Waals surface area contributed by atoms with Crippen LogP contribution in [0.2, 0.25) is 0 Å². The van der Waals surface area contributed by atoms with E-state index in [-0.39, 0.29) is 11.4 Å². The predicted octanol–water partition coefficient (Wildman–Crippen LogP) is 4.00. The van der Waals surface area contributed by atoms with Crippen molar-refractivity contribution in [3.8, 4) is 11.6 Å². The van der Waals surface area contributed by atoms with Crippen LogP contribution in [0.15, 0.2) is 52.7 Å². The van der Waals surface area contributed by atoms with Crippen molar-refractivity contribution in [3.05, 3.63) is 48.0 Å². The SMILES string of the molecule is COc1ccc2[nH]c(O)c(N=Nc3ccc(C(=O)O)cc3)c2c1. The Morgan fingerprint density at radius 3 is 2.52 bits per heavy atom. The molecule has 23 heavy (non-hydrogen) atoms. The fourth-order valence-electron chi connectivity index (χ4n) is 2.15. The number of benzene rings is 2. The van der Waals surface area contributed by atoms with E-state index in [1.165, 1.54) is 12.1 Å². The lowest BCUT2D eigenvalue weighted by Crippen LogP contribution is -1.93. The van der Waals surface area contributed by atoms with Crippen molar-refractivity contribution in [3.63, 3.8) is 0 Å². The maximum absolute atomic E-state index is 10.8. The van der Waals surface area contributed by atoms with Gasteiger partial charge in [0.1, 0.15) is 5.75 Å². The Labute approximate surface area is 130 Å². The van der Waals surface area contributed by atoms with Crippen LogP contribution in [0.25, 0.3) is 10.9 Å². The van der Waals surface area contributed by atoms with Crippen LogP contribution < -0.4 is 4.74 Å². The number of aromatic carboxylic acids is 1. The monoisotopic (exact) mass is 311 g/mol. The van der Waals surface area contributed by atoms with Gasteiger partial charge in [-0.25, -0.2) is 4.79 Å². The first-order valence-corrected chi connectivity index (χ1v) is 6.72. The summed E-state index contributed by atoms with van der Waals surface area (Å²) in [5, 5.41) is 27.6. The fraction of sp³-hybridized carbons (Fsp3) is 0.0625. The van der Waals surface area contributed by atoms with Crippen molar-refractivity contribution in [1.29, 1.82) is 0 Å². The summed E-state index contributed by atoms with van der Waals surface area (Å²) in [6.45, 7) is 0. The van der Waals surface area contributed by atoms with Crippen molar-refractivity contribution in [2.75, 3.05) is 7.11 Å². The van der Waals surface area contributed by atoms with E-state index in [1.54, 1.807) is 37.4 Å². The van der Waals surface area contributed by atoms with Crippen LogP contribution in [0, 0.1) is 0 Å². The lowest BCUT2D eigenvalue weighted by molar-refractivity contribution is 0.0697. The van der Waals surface area contributed by atoms with E-state index in [0.717, 1.165) is 0 Å². The molecule has 7 nitrogen and oxygen atoms in total. The minimum atomic E-state index is -1.00. The van der Waals surface area contributed by atoms with Gasteiger partial charge < -0.3 is 19.9 Å². The molecule has 3 N–H and O–H groups in total. The molecule has 0 radical (unpaired) electrons. The Bertz CT molecular complexity index is 898. The summed E-state index contributed by atoms with van der Waals surface area (Å²) < 4.78 is 5.16. The maximum Gasteiger partial charge on any atom is 0.335 e. The first-order chi connectivity index (χ1) is 11.1. The molecule has 0 atom stereocenters. The Kier molecular flexibility index (Phi) is 3.68. The van der Waals surface area contributed by atoms with Gasteiger partial charge in [-0.1, -0.05) is 0 Å². The van der Waals surface area contributed by atoms with Crippen molar-refractivity contribution < 1.29 is 19.7 Å². The average Bonchev–Trinajstić information content (AvgIpc) is 2.87. The molecule has 3 aromatic rings. The molecule has 0 aliphatic carbocycles. The molecule has 0 spiro atoms. The molecule has 2 aromatic carbocycles. The molecule has 1 aromatic heterocycles. The molecular weight excluding hydrogens is 298 g/mol. The molecule has 0 aliphatic heterocycles. The summed E-state index contributed by atoms with van der Waals surface area (Å²) in [5.74, 6) is -0.465. The standard InChI is InChI=1S/C16H13N3O4/c1-23-11-6-7-13-12(8-11)14(15(20)17-13)19-18-10-4-2-9(3-5-10)16(21)22/h2-8,17,20H,1H3,(H,21,22). The zero-order valence-electron chi connectivity index (χ0n) is 12.1. The first-order valence-electron chi connectivity index (χ1n) is 6.72. The Balaban J connectivity index is 1.96. The zero-order chi connectivity index (χ0) is 16.4. The molecule has 0 saturated carbocycles. The third kappa shape index (κ3) is 2.84. The van der Waals surface area contributed by atoms with Crippen molar-refractivity contribution in [2.24, 2.45) is 10.2 Å². The van der Waals surface area contributed by atoms with E-state index in [1.807, 2.05) is 0 Å². The number of fused-ring (bicyclic) bond motifs is 1. The minimum absolute atomic E-state index is 0.0980. The molecule has 0 unspecified atom stereocenters. The predicted molar refractivity (Wildman–Crippen MR) is 84.1 cm³/mol. The lowest BCUT2D eigenvalue weighted by Gasteiger charge is -1.99. The van der Waals surface area contributed by atoms with Crippen molar-refractivity contribution in [1.82, 2.24) is 4.98 Å². The number of aromatic nitrogens is 1. The van der Waals surface area contributed by atoms with Gasteiger partial charge in [-0.3, -0.25) is 0 Å². The van der Waals surface area contributed by atoms with Crippen LogP contribution in [0.1, 0.15) is 10.4 Å². The van der Waals surface area contributed by atoms with Crippen LogP contribution >= 0.6 is 0 Å². The molecule has 0 bridgehead atoms. The lowest BCUT2D eigenvalue weighted by atomic mass is 10.2. The highest BCUT2D eigenvalue weighted by Crippen LogP contribution is 2.37. The second-order valence-corrected chi connectivity index (χ2v) is 4.79. The molecular formula is C16H13N3O4. The van der Waals surface area contributed by atoms with Gasteiger partial charge in [0.15, 0.2) is 5.69 Å². The summed E-state index contributed by atoms with van der Waals surface area (Å²) in [4.78, 5) is 13.6. The molecule has 0 amide bonds. The van der Waals surface area contributed by atoms with Gasteiger partial charge in [0.05, 0.1) is 23.9 Å². The van der Waals surface area contributed by atoms with E-state index in [4.69, 9.17) is 9.84 Å². The number of azo groups is 1. The van der Waals surface area contributed by atoms with Crippen LogP contribution in [0.4, 0.5) is 11.4 Å². The summed E-state index contributed by atoms with van der Waals surface area (Å²) in [5.41, 5.74) is 1.65. The Hall–Kier alpha value is -3.35. The number of nitrogens with zero attached hydrogens (tertiary/aromatic N) is 2. The highest BCUT2D eigenvalue weighted by atomic mass is 16.5. The van der Waals surface area contributed by atoms with Gasteiger partial charge in [0, 0.05) is 5.39 Å². The number of carboxylic acids is 1. The second-order valence-electron chi connectivity index (χ2n) is 4.79. The first kappa shape index (κ1) is 14.6. The fourth-order valence-corrected chi connectivity index (χ4v) is 2.15. The highest BCUT2D eigenvalue weighted by molar-refractivity contribution is 5.95. The quantitative estimate of drug-likeness (QED) is 0.633. The number of hydrogen-bond acceptors (Lipinski definition) is 5. The third-order valence-electron chi connectivity index (χ3n) is 3.34. The summed E-state index contributed by atoms with van der Waals surface area (Å²) in [6.07, 6.45) is 0. The van der Waals surface area contributed by atoms with Crippen LogP contribution in [-0.4, -0.2) is 28.3 Å². The Morgan fingerprint density at radius 2 is 1.87 bits per heavy atom. The molecule has 116 valence electrons. The summed E-state index contributed by atoms with van der Waals surface area (Å²) in [7, 11) is 1.55. The smallest absolute Gasteiger partial charge is 0.335 e. The van der Waals surface area contributed by atoms with Gasteiger partial charge in [-0.15, -0.1) is 5.11 Å². The van der Waals surface area contributed by atoms with E-state index < -0.39 is 5.97 Å². The number of nitrogens with one attached hydrogen (secondary N) is 1. The van der Waals surface area contributed by atoms with Crippen LogP contribution in [0.3, 0.4) is 0 Å². The molecule has 7 heteroatoms. The topological polar surface area (TPSA) is 107 Å². The van der Waals surface area contributed by atoms with Gasteiger partial charge >= 0.3 is 5.97 Å². The summed E-state index contributed by atoms with van der Waals surface area (Å²) in [6, 6.07) is 11.2. The molecule has 0 saturated heterocycles. The largest absolute Gasteiger partial charge is 0.497 e. The van der Waals surface area contributed by atoms with Gasteiger partial charge in [-0.05, 0) is 42.5 Å². The number of carbonyl (C=O) groups is 1. The highest BCUT2D eigenvalue weighted by Gasteiger charge is 2.11. The number of hydrogen-bond donors (Lipinski definition) is 3. The number of aromatic amines is 1. The number of aromatic hydroxyl groups is 1. The Morgan fingerprint density at radius 1 is 1.13 bits per heavy atom. The van der Waals surface area contributed by atoms with E-state index in [9.17, 15) is 9.90 Å². The molecule has 1 heterocycles. The second kappa shape index (κ2) is 5.80. The number of carboxylic acid groups (broad SMARTS) is 1. The molecule has 0 aliphatic rings. The van der Waals surface area contributed by atoms with Crippen molar-refractivity contribution >= 4 is 28.2 Å². The zero-order valence-corrected chi connectivity index (χ0v) is 12.1. The minimum Gasteiger partial charge on any atom is -0.497 e. The maximum atomic E-state index is 10.8. The summed E-state index contributed by atoms with van der Waals surface area (Å²) >= 11 is 0. The van der Waals surface area contributed by atoms with Gasteiger partial charge in [0.2, 0.25) is 5.88 Å². The average molecular weight is 311 g/mol. The van der Waals surface area contributed by atoms with Crippen molar-refractivity contribution in [2.45, 2.75) is 0 Å². The normalized spacial score (nSPS) is 11.2. The van der Waals surface area contributed by atoms with E-state index in [2.05, 4.69) is 15.2 Å². The van der Waals surface area contributed by atoms with Gasteiger partial charge in [0.25, 0.3) is 0 Å². The van der Waals surface area contributed by atoms with Gasteiger partial charge in [-0.2, -0.15) is 5.11 Å². The third-order valence-corrected chi connectivity index (χ3v) is 3.34. The van der Waals surface area contributed by atoms with E-state index in [0.29, 0.717) is 28.0 Å². The number of ether oxygens (including phenoxy) is 1. The number of rotatable bonds is 4.